The number of primary sulfonamides is 1. The lowest BCUT2D eigenvalue weighted by Gasteiger charge is -2.07. The third-order valence-electron chi connectivity index (χ3n) is 3.12. The highest BCUT2D eigenvalue weighted by Crippen LogP contribution is 2.16. The molecule has 23 heavy (non-hydrogen) atoms. The number of sulfonamides is 1. The molecule has 0 aliphatic rings. The minimum absolute atomic E-state index is 0.0693. The Balaban J connectivity index is 1.95. The van der Waals surface area contributed by atoms with Crippen LogP contribution in [-0.4, -0.2) is 8.42 Å². The van der Waals surface area contributed by atoms with Crippen molar-refractivity contribution in [3.63, 3.8) is 0 Å². The highest BCUT2D eigenvalue weighted by molar-refractivity contribution is 7.89. The monoisotopic (exact) mass is 329 g/mol. The molecule has 0 amide bonds. The number of ether oxygens (including phenoxy) is 1. The molecule has 0 heterocycles. The average molecular weight is 329 g/mol. The van der Waals surface area contributed by atoms with Crippen molar-refractivity contribution in [2.45, 2.75) is 31.3 Å². The zero-order valence-electron chi connectivity index (χ0n) is 13.0. The van der Waals surface area contributed by atoms with Crippen LogP contribution in [0.25, 0.3) is 0 Å². The standard InChI is InChI=1S/C18H19NO3S/c1-2-3-4-5-15-6-8-16(9-7-15)14-22-17-10-12-18(13-11-17)23(19,20)21/h6-13H,2-3,14H2,1H3,(H2,19,20,21). The molecule has 0 saturated heterocycles. The third-order valence-corrected chi connectivity index (χ3v) is 4.05. The van der Waals surface area contributed by atoms with Gasteiger partial charge in [-0.2, -0.15) is 0 Å². The number of benzene rings is 2. The van der Waals surface area contributed by atoms with E-state index in [1.165, 1.54) is 12.1 Å². The molecule has 120 valence electrons. The quantitative estimate of drug-likeness (QED) is 0.857. The fraction of sp³-hybridized carbons (Fsp3) is 0.222. The van der Waals surface area contributed by atoms with Crippen molar-refractivity contribution in [3.05, 3.63) is 59.7 Å². The van der Waals surface area contributed by atoms with Crippen LogP contribution in [0.3, 0.4) is 0 Å². The summed E-state index contributed by atoms with van der Waals surface area (Å²) in [6.45, 7) is 2.50. The lowest BCUT2D eigenvalue weighted by Crippen LogP contribution is -2.11. The summed E-state index contributed by atoms with van der Waals surface area (Å²) in [5.41, 5.74) is 2.00. The van der Waals surface area contributed by atoms with Gasteiger partial charge in [0.15, 0.2) is 0 Å². The van der Waals surface area contributed by atoms with Gasteiger partial charge in [0.1, 0.15) is 12.4 Å². The second-order valence-corrected chi connectivity index (χ2v) is 6.62. The van der Waals surface area contributed by atoms with Crippen LogP contribution in [0.1, 0.15) is 30.9 Å². The maximum absolute atomic E-state index is 11.2. The molecule has 0 aliphatic heterocycles. The van der Waals surface area contributed by atoms with Crippen molar-refractivity contribution >= 4 is 10.0 Å². The van der Waals surface area contributed by atoms with Crippen LogP contribution < -0.4 is 9.88 Å². The van der Waals surface area contributed by atoms with Gasteiger partial charge < -0.3 is 4.74 Å². The molecule has 0 unspecified atom stereocenters. The predicted molar refractivity (Wildman–Crippen MR) is 90.4 cm³/mol. The summed E-state index contributed by atoms with van der Waals surface area (Å²) in [5, 5.41) is 5.05. The second-order valence-electron chi connectivity index (χ2n) is 5.05. The van der Waals surface area contributed by atoms with Crippen LogP contribution in [0.15, 0.2) is 53.4 Å². The predicted octanol–water partition coefficient (Wildman–Crippen LogP) is 3.06. The summed E-state index contributed by atoms with van der Waals surface area (Å²) in [4.78, 5) is 0.0693. The fourth-order valence-corrected chi connectivity index (χ4v) is 2.38. The first-order chi connectivity index (χ1) is 11.0. The zero-order chi connectivity index (χ0) is 16.7. The van der Waals surface area contributed by atoms with Crippen LogP contribution in [0.2, 0.25) is 0 Å². The molecule has 0 bridgehead atoms. The van der Waals surface area contributed by atoms with Gasteiger partial charge in [-0.05, 0) is 48.4 Å². The van der Waals surface area contributed by atoms with Gasteiger partial charge in [0.05, 0.1) is 4.90 Å². The fourth-order valence-electron chi connectivity index (χ4n) is 1.87. The van der Waals surface area contributed by atoms with Crippen molar-refractivity contribution in [2.75, 3.05) is 0 Å². The lowest BCUT2D eigenvalue weighted by atomic mass is 10.1. The van der Waals surface area contributed by atoms with Gasteiger partial charge in [-0.3, -0.25) is 0 Å². The molecule has 2 N–H and O–H groups in total. The van der Waals surface area contributed by atoms with Crippen LogP contribution in [-0.2, 0) is 16.6 Å². The molecule has 0 atom stereocenters. The van der Waals surface area contributed by atoms with Gasteiger partial charge in [-0.25, -0.2) is 13.6 Å². The Labute approximate surface area is 137 Å². The normalized spacial score (nSPS) is 10.7. The van der Waals surface area contributed by atoms with Gasteiger partial charge in [0.25, 0.3) is 0 Å². The molecule has 4 nitrogen and oxygen atoms in total. The topological polar surface area (TPSA) is 69.4 Å². The van der Waals surface area contributed by atoms with Crippen molar-refractivity contribution in [1.82, 2.24) is 0 Å². The number of hydrogen-bond donors (Lipinski definition) is 1. The van der Waals surface area contributed by atoms with E-state index in [0.29, 0.717) is 12.4 Å². The molecule has 2 aromatic carbocycles. The van der Waals surface area contributed by atoms with Crippen molar-refractivity contribution < 1.29 is 13.2 Å². The Morgan fingerprint density at radius 3 is 2.26 bits per heavy atom. The number of nitrogens with two attached hydrogens (primary N) is 1. The molecule has 0 saturated carbocycles. The Morgan fingerprint density at radius 1 is 1.04 bits per heavy atom. The van der Waals surface area contributed by atoms with E-state index in [0.717, 1.165) is 24.0 Å². The Hall–Kier alpha value is -2.29. The lowest BCUT2D eigenvalue weighted by molar-refractivity contribution is 0.306. The molecular weight excluding hydrogens is 310 g/mol. The maximum Gasteiger partial charge on any atom is 0.238 e. The van der Waals surface area contributed by atoms with Crippen LogP contribution in [0.4, 0.5) is 0 Å². The van der Waals surface area contributed by atoms with E-state index in [9.17, 15) is 8.42 Å². The maximum atomic E-state index is 11.2. The Bertz CT molecular complexity index is 798. The smallest absolute Gasteiger partial charge is 0.238 e. The SMILES string of the molecule is CCCC#Cc1ccc(COc2ccc(S(N)(=O)=O)cc2)cc1. The van der Waals surface area contributed by atoms with Gasteiger partial charge in [-0.1, -0.05) is 30.9 Å². The summed E-state index contributed by atoms with van der Waals surface area (Å²) < 4.78 is 28.0. The van der Waals surface area contributed by atoms with Gasteiger partial charge in [0.2, 0.25) is 10.0 Å². The van der Waals surface area contributed by atoms with Gasteiger partial charge in [-0.15, -0.1) is 0 Å². The van der Waals surface area contributed by atoms with Gasteiger partial charge in [0, 0.05) is 12.0 Å². The van der Waals surface area contributed by atoms with E-state index in [1.807, 2.05) is 24.3 Å². The van der Waals surface area contributed by atoms with E-state index in [2.05, 4.69) is 18.8 Å². The first kappa shape index (κ1) is 17.1. The molecule has 0 radical (unpaired) electrons. The molecule has 2 aromatic rings. The highest BCUT2D eigenvalue weighted by Gasteiger charge is 2.06. The van der Waals surface area contributed by atoms with Gasteiger partial charge >= 0.3 is 0 Å². The third kappa shape index (κ3) is 5.44. The first-order valence-electron chi connectivity index (χ1n) is 7.32. The van der Waals surface area contributed by atoms with E-state index in [1.54, 1.807) is 12.1 Å². The number of rotatable bonds is 5. The largest absolute Gasteiger partial charge is 0.489 e. The molecule has 0 spiro atoms. The van der Waals surface area contributed by atoms with Crippen molar-refractivity contribution in [2.24, 2.45) is 5.14 Å². The molecule has 0 aliphatic carbocycles. The Kier molecular flexibility index (Phi) is 5.80. The van der Waals surface area contributed by atoms with Crippen LogP contribution >= 0.6 is 0 Å². The highest BCUT2D eigenvalue weighted by atomic mass is 32.2. The summed E-state index contributed by atoms with van der Waals surface area (Å²) >= 11 is 0. The first-order valence-corrected chi connectivity index (χ1v) is 8.87. The van der Waals surface area contributed by atoms with E-state index in [4.69, 9.17) is 9.88 Å². The van der Waals surface area contributed by atoms with Crippen molar-refractivity contribution in [1.29, 1.82) is 0 Å². The summed E-state index contributed by atoms with van der Waals surface area (Å²) in [6, 6.07) is 13.9. The molecule has 0 fully saturated rings. The molecular formula is C18H19NO3S. The average Bonchev–Trinajstić information content (AvgIpc) is 2.54. The zero-order valence-corrected chi connectivity index (χ0v) is 13.8. The molecule has 0 aromatic heterocycles. The Morgan fingerprint density at radius 2 is 1.70 bits per heavy atom. The second kappa shape index (κ2) is 7.82. The molecule has 2 rings (SSSR count). The van der Waals surface area contributed by atoms with Crippen LogP contribution in [0.5, 0.6) is 5.75 Å². The number of hydrogen-bond acceptors (Lipinski definition) is 3. The molecule has 5 heteroatoms. The van der Waals surface area contributed by atoms with E-state index in [-0.39, 0.29) is 4.90 Å². The number of unbranched alkanes of at least 4 members (excludes halogenated alkanes) is 1. The minimum atomic E-state index is -3.67. The summed E-state index contributed by atoms with van der Waals surface area (Å²) in [7, 11) is -3.67. The summed E-state index contributed by atoms with van der Waals surface area (Å²) in [6.07, 6.45) is 1.96. The van der Waals surface area contributed by atoms with E-state index < -0.39 is 10.0 Å². The summed E-state index contributed by atoms with van der Waals surface area (Å²) in [5.74, 6) is 6.80. The van der Waals surface area contributed by atoms with Crippen molar-refractivity contribution in [3.8, 4) is 17.6 Å². The van der Waals surface area contributed by atoms with Crippen LogP contribution in [0, 0.1) is 11.8 Å². The minimum Gasteiger partial charge on any atom is -0.489 e. The van der Waals surface area contributed by atoms with E-state index >= 15 is 0 Å².